The molecule has 1 N–H and O–H groups in total. The zero-order valence-electron chi connectivity index (χ0n) is 23.0. The molecule has 0 aromatic heterocycles. The van der Waals surface area contributed by atoms with Crippen molar-refractivity contribution < 1.29 is 22.7 Å². The second kappa shape index (κ2) is 14.2. The number of nitrogens with one attached hydrogen (secondary N) is 1. The maximum absolute atomic E-state index is 13.6. The summed E-state index contributed by atoms with van der Waals surface area (Å²) in [4.78, 5) is 13.0. The molecule has 4 aromatic rings. The number of carbonyl (C=O) groups excluding carboxylic acids is 1. The van der Waals surface area contributed by atoms with E-state index in [-0.39, 0.29) is 4.90 Å². The Kier molecular flexibility index (Phi) is 10.5. The third kappa shape index (κ3) is 7.82. The summed E-state index contributed by atoms with van der Waals surface area (Å²) in [7, 11) is -4.09. The van der Waals surface area contributed by atoms with Crippen LogP contribution in [0.25, 0.3) is 0 Å². The minimum absolute atomic E-state index is 0.0433. The van der Waals surface area contributed by atoms with E-state index in [9.17, 15) is 13.2 Å². The highest BCUT2D eigenvalue weighted by Gasteiger charge is 2.28. The molecule has 0 heterocycles. The van der Waals surface area contributed by atoms with E-state index in [0.29, 0.717) is 51.6 Å². The first-order chi connectivity index (χ1) is 20.2. The van der Waals surface area contributed by atoms with Crippen LogP contribution in [0.4, 0.5) is 5.69 Å². The summed E-state index contributed by atoms with van der Waals surface area (Å²) in [6, 6.07) is 25.4. The fourth-order valence-electron chi connectivity index (χ4n) is 4.01. The molecule has 0 aliphatic heterocycles. The van der Waals surface area contributed by atoms with Crippen molar-refractivity contribution in [3.8, 4) is 11.5 Å². The minimum Gasteiger partial charge on any atom is -0.490 e. The highest BCUT2D eigenvalue weighted by molar-refractivity contribution is 7.92. The number of hydrazone groups is 1. The lowest BCUT2D eigenvalue weighted by atomic mass is 10.2. The first-order valence-electron chi connectivity index (χ1n) is 13.0. The van der Waals surface area contributed by atoms with Crippen molar-refractivity contribution in [2.45, 2.75) is 25.3 Å². The Hall–Kier alpha value is -4.05. The van der Waals surface area contributed by atoms with Crippen LogP contribution in [0.2, 0.25) is 10.0 Å². The molecule has 0 fully saturated rings. The summed E-state index contributed by atoms with van der Waals surface area (Å²) in [5, 5.41) is 5.04. The van der Waals surface area contributed by atoms with Gasteiger partial charge in [-0.25, -0.2) is 13.8 Å². The molecule has 0 aliphatic rings. The maximum Gasteiger partial charge on any atom is 0.264 e. The molecule has 11 heteroatoms. The molecule has 0 unspecified atom stereocenters. The average Bonchev–Trinajstić information content (AvgIpc) is 2.98. The van der Waals surface area contributed by atoms with Gasteiger partial charge >= 0.3 is 0 Å². The Morgan fingerprint density at radius 1 is 0.929 bits per heavy atom. The van der Waals surface area contributed by atoms with E-state index in [0.717, 1.165) is 9.87 Å². The van der Waals surface area contributed by atoms with E-state index in [1.54, 1.807) is 67.6 Å². The van der Waals surface area contributed by atoms with E-state index in [1.165, 1.54) is 18.3 Å². The Labute approximate surface area is 255 Å². The van der Waals surface area contributed by atoms with Crippen LogP contribution in [0.1, 0.15) is 23.6 Å². The van der Waals surface area contributed by atoms with Crippen molar-refractivity contribution in [2.75, 3.05) is 17.5 Å². The molecule has 0 spiro atoms. The number of rotatable bonds is 12. The highest BCUT2D eigenvalue weighted by Crippen LogP contribution is 2.31. The molecule has 0 atom stereocenters. The van der Waals surface area contributed by atoms with Gasteiger partial charge in [0.2, 0.25) is 0 Å². The van der Waals surface area contributed by atoms with Crippen LogP contribution in [-0.2, 0) is 21.4 Å². The standard InChI is InChI=1S/C31H29Cl2N3O5S/c1-3-40-30-18-23(15-16-29(30)41-21-24-9-7-10-25(32)17-24)19-34-35-31(37)20-36(28-14-8-13-27(33)22(28)2)42(38,39)26-11-5-4-6-12-26/h4-19H,3,20-21H2,1-2H3,(H,35,37)/b34-19-. The predicted octanol–water partition coefficient (Wildman–Crippen LogP) is 6.63. The normalized spacial score (nSPS) is 11.3. The summed E-state index contributed by atoms with van der Waals surface area (Å²) in [6.45, 7) is 3.76. The summed E-state index contributed by atoms with van der Waals surface area (Å²) < 4.78 is 39.8. The Morgan fingerprint density at radius 2 is 1.69 bits per heavy atom. The second-order valence-electron chi connectivity index (χ2n) is 9.06. The molecule has 1 amide bonds. The summed E-state index contributed by atoms with van der Waals surface area (Å²) in [5.41, 5.74) is 4.77. The number of carbonyl (C=O) groups is 1. The van der Waals surface area contributed by atoms with Gasteiger partial charge in [0, 0.05) is 10.0 Å². The number of halogens is 2. The Balaban J connectivity index is 1.49. The van der Waals surface area contributed by atoms with Crippen LogP contribution < -0.4 is 19.2 Å². The van der Waals surface area contributed by atoms with Gasteiger partial charge in [0.05, 0.1) is 23.4 Å². The fraction of sp³-hybridized carbons (Fsp3) is 0.161. The summed E-state index contributed by atoms with van der Waals surface area (Å²) in [6.07, 6.45) is 1.43. The number of sulfonamides is 1. The molecule has 218 valence electrons. The molecule has 0 radical (unpaired) electrons. The van der Waals surface area contributed by atoms with Crippen LogP contribution in [0, 0.1) is 6.92 Å². The molecule has 42 heavy (non-hydrogen) atoms. The van der Waals surface area contributed by atoms with E-state index in [2.05, 4.69) is 10.5 Å². The molecular formula is C31H29Cl2N3O5S. The number of hydrogen-bond donors (Lipinski definition) is 1. The number of amides is 1. The topological polar surface area (TPSA) is 97.3 Å². The third-order valence-corrected chi connectivity index (χ3v) is 8.50. The molecule has 0 aliphatic carbocycles. The third-order valence-electron chi connectivity index (χ3n) is 6.08. The molecule has 0 bridgehead atoms. The monoisotopic (exact) mass is 625 g/mol. The van der Waals surface area contributed by atoms with Gasteiger partial charge < -0.3 is 9.47 Å². The summed E-state index contributed by atoms with van der Waals surface area (Å²) >= 11 is 12.3. The Morgan fingerprint density at radius 3 is 2.43 bits per heavy atom. The first-order valence-corrected chi connectivity index (χ1v) is 15.2. The van der Waals surface area contributed by atoms with Gasteiger partial charge in [-0.05, 0) is 85.1 Å². The zero-order valence-corrected chi connectivity index (χ0v) is 25.3. The zero-order chi connectivity index (χ0) is 30.1. The van der Waals surface area contributed by atoms with Gasteiger partial charge in [-0.15, -0.1) is 0 Å². The van der Waals surface area contributed by atoms with Crippen molar-refractivity contribution in [1.82, 2.24) is 5.43 Å². The van der Waals surface area contributed by atoms with Gasteiger partial charge in [0.25, 0.3) is 15.9 Å². The van der Waals surface area contributed by atoms with Gasteiger partial charge in [-0.3, -0.25) is 9.10 Å². The average molecular weight is 627 g/mol. The van der Waals surface area contributed by atoms with Gasteiger partial charge in [-0.1, -0.05) is 59.6 Å². The lowest BCUT2D eigenvalue weighted by Crippen LogP contribution is -2.40. The van der Waals surface area contributed by atoms with Crippen molar-refractivity contribution >= 4 is 51.0 Å². The largest absolute Gasteiger partial charge is 0.490 e. The van der Waals surface area contributed by atoms with Crippen LogP contribution in [0.5, 0.6) is 11.5 Å². The van der Waals surface area contributed by atoms with Crippen molar-refractivity contribution in [3.63, 3.8) is 0 Å². The highest BCUT2D eigenvalue weighted by atomic mass is 35.5. The lowest BCUT2D eigenvalue weighted by Gasteiger charge is -2.25. The lowest BCUT2D eigenvalue weighted by molar-refractivity contribution is -0.119. The predicted molar refractivity (Wildman–Crippen MR) is 166 cm³/mol. The van der Waals surface area contributed by atoms with Gasteiger partial charge in [-0.2, -0.15) is 5.10 Å². The number of benzene rings is 4. The van der Waals surface area contributed by atoms with Crippen LogP contribution in [-0.4, -0.2) is 33.7 Å². The minimum atomic E-state index is -4.09. The number of anilines is 1. The van der Waals surface area contributed by atoms with Crippen LogP contribution in [0.3, 0.4) is 0 Å². The molecule has 4 aromatic carbocycles. The quantitative estimate of drug-likeness (QED) is 0.141. The van der Waals surface area contributed by atoms with E-state index >= 15 is 0 Å². The second-order valence-corrected chi connectivity index (χ2v) is 11.8. The van der Waals surface area contributed by atoms with Crippen molar-refractivity contribution in [2.24, 2.45) is 5.10 Å². The van der Waals surface area contributed by atoms with E-state index in [1.807, 2.05) is 25.1 Å². The van der Waals surface area contributed by atoms with Crippen molar-refractivity contribution in [1.29, 1.82) is 0 Å². The molecule has 0 saturated heterocycles. The summed E-state index contributed by atoms with van der Waals surface area (Å²) in [5.74, 6) is 0.402. The molecule has 4 rings (SSSR count). The number of ether oxygens (including phenoxy) is 2. The van der Waals surface area contributed by atoms with E-state index < -0.39 is 22.5 Å². The van der Waals surface area contributed by atoms with Crippen molar-refractivity contribution in [3.05, 3.63) is 118 Å². The fourth-order valence-corrected chi connectivity index (χ4v) is 5.89. The van der Waals surface area contributed by atoms with Gasteiger partial charge in [0.1, 0.15) is 13.2 Å². The van der Waals surface area contributed by atoms with Gasteiger partial charge in [0.15, 0.2) is 11.5 Å². The first kappa shape index (κ1) is 30.9. The number of hydrogen-bond acceptors (Lipinski definition) is 6. The molecule has 0 saturated carbocycles. The van der Waals surface area contributed by atoms with E-state index in [4.69, 9.17) is 32.7 Å². The number of nitrogens with zero attached hydrogens (tertiary/aromatic N) is 2. The molecular weight excluding hydrogens is 597 g/mol. The van der Waals surface area contributed by atoms with Crippen LogP contribution >= 0.6 is 23.2 Å². The smallest absolute Gasteiger partial charge is 0.264 e. The molecule has 8 nitrogen and oxygen atoms in total. The maximum atomic E-state index is 13.6. The SMILES string of the molecule is CCOc1cc(/C=N\NC(=O)CN(c2cccc(Cl)c2C)S(=O)(=O)c2ccccc2)ccc1OCc1cccc(Cl)c1. The Bertz CT molecular complexity index is 1680. The van der Waals surface area contributed by atoms with Crippen LogP contribution in [0.15, 0.2) is 101 Å².